The maximum atomic E-state index is 5.98. The fraction of sp³-hybridized carbons (Fsp3) is 0.786. The molecule has 1 saturated heterocycles. The Morgan fingerprint density at radius 1 is 1.63 bits per heavy atom. The molecule has 19 heavy (non-hydrogen) atoms. The number of likely N-dealkylation sites (N-methyl/N-ethyl adjacent to an activating group) is 1. The number of hydrogen-bond donors (Lipinski definition) is 1. The van der Waals surface area contributed by atoms with Crippen LogP contribution in [0.2, 0.25) is 0 Å². The SMILES string of the molecule is CCCn1cncc1C(CN)N(C)CC1CCCO1. The third kappa shape index (κ3) is 3.55. The topological polar surface area (TPSA) is 56.3 Å². The summed E-state index contributed by atoms with van der Waals surface area (Å²) in [5.74, 6) is 0. The van der Waals surface area contributed by atoms with E-state index >= 15 is 0 Å². The predicted molar refractivity (Wildman–Crippen MR) is 75.9 cm³/mol. The Morgan fingerprint density at radius 3 is 3.11 bits per heavy atom. The zero-order chi connectivity index (χ0) is 13.7. The van der Waals surface area contributed by atoms with E-state index in [1.165, 1.54) is 12.1 Å². The monoisotopic (exact) mass is 266 g/mol. The van der Waals surface area contributed by atoms with Crippen molar-refractivity contribution in [3.63, 3.8) is 0 Å². The van der Waals surface area contributed by atoms with Crippen molar-refractivity contribution in [3.05, 3.63) is 18.2 Å². The summed E-state index contributed by atoms with van der Waals surface area (Å²) in [6, 6.07) is 0.221. The molecule has 0 aromatic carbocycles. The maximum Gasteiger partial charge on any atom is 0.0948 e. The molecule has 1 aliphatic heterocycles. The van der Waals surface area contributed by atoms with E-state index in [9.17, 15) is 0 Å². The molecular formula is C14H26N4O. The Morgan fingerprint density at radius 2 is 2.47 bits per heavy atom. The van der Waals surface area contributed by atoms with Crippen LogP contribution in [0.1, 0.15) is 37.9 Å². The number of nitrogens with zero attached hydrogens (tertiary/aromatic N) is 3. The van der Waals surface area contributed by atoms with Crippen molar-refractivity contribution >= 4 is 0 Å². The van der Waals surface area contributed by atoms with E-state index in [0.29, 0.717) is 12.6 Å². The molecule has 2 atom stereocenters. The summed E-state index contributed by atoms with van der Waals surface area (Å²) < 4.78 is 7.92. The average molecular weight is 266 g/mol. The molecule has 2 unspecified atom stereocenters. The second-order valence-corrected chi connectivity index (χ2v) is 5.34. The van der Waals surface area contributed by atoms with E-state index in [1.807, 2.05) is 12.5 Å². The van der Waals surface area contributed by atoms with Gasteiger partial charge in [0, 0.05) is 32.4 Å². The molecule has 0 saturated carbocycles. The molecule has 0 aliphatic carbocycles. The number of imidazole rings is 1. The highest BCUT2D eigenvalue weighted by atomic mass is 16.5. The lowest BCUT2D eigenvalue weighted by Crippen LogP contribution is -2.37. The van der Waals surface area contributed by atoms with Crippen molar-refractivity contribution in [2.75, 3.05) is 26.7 Å². The van der Waals surface area contributed by atoms with E-state index < -0.39 is 0 Å². The fourth-order valence-electron chi connectivity index (χ4n) is 2.80. The van der Waals surface area contributed by atoms with Crippen LogP contribution < -0.4 is 5.73 Å². The predicted octanol–water partition coefficient (Wildman–Crippen LogP) is 1.40. The summed E-state index contributed by atoms with van der Waals surface area (Å²) in [7, 11) is 2.13. The minimum atomic E-state index is 0.221. The maximum absolute atomic E-state index is 5.98. The smallest absolute Gasteiger partial charge is 0.0948 e. The lowest BCUT2D eigenvalue weighted by Gasteiger charge is -2.29. The van der Waals surface area contributed by atoms with Gasteiger partial charge in [-0.2, -0.15) is 0 Å². The molecule has 0 radical (unpaired) electrons. The number of ether oxygens (including phenoxy) is 1. The Kier molecular flexibility index (Phi) is 5.36. The molecule has 2 rings (SSSR count). The van der Waals surface area contributed by atoms with Crippen molar-refractivity contribution in [1.29, 1.82) is 0 Å². The first-order valence-electron chi connectivity index (χ1n) is 7.28. The van der Waals surface area contributed by atoms with Gasteiger partial charge < -0.3 is 15.0 Å². The highest BCUT2D eigenvalue weighted by molar-refractivity contribution is 5.06. The van der Waals surface area contributed by atoms with E-state index in [-0.39, 0.29) is 6.04 Å². The minimum absolute atomic E-state index is 0.221. The number of aryl methyl sites for hydroxylation is 1. The van der Waals surface area contributed by atoms with Crippen LogP contribution in [0, 0.1) is 0 Å². The third-order valence-electron chi connectivity index (χ3n) is 3.82. The molecule has 5 heteroatoms. The van der Waals surface area contributed by atoms with Gasteiger partial charge >= 0.3 is 0 Å². The minimum Gasteiger partial charge on any atom is -0.377 e. The van der Waals surface area contributed by atoms with Crippen molar-refractivity contribution in [3.8, 4) is 0 Å². The van der Waals surface area contributed by atoms with Crippen LogP contribution >= 0.6 is 0 Å². The van der Waals surface area contributed by atoms with Crippen molar-refractivity contribution in [1.82, 2.24) is 14.5 Å². The van der Waals surface area contributed by atoms with Crippen molar-refractivity contribution < 1.29 is 4.74 Å². The van der Waals surface area contributed by atoms with Gasteiger partial charge in [0.15, 0.2) is 0 Å². The Bertz CT molecular complexity index is 373. The fourth-order valence-corrected chi connectivity index (χ4v) is 2.80. The van der Waals surface area contributed by atoms with Gasteiger partial charge in [-0.3, -0.25) is 4.90 Å². The standard InChI is InChI=1S/C14H26N4O/c1-3-6-18-11-16-9-14(18)13(8-15)17(2)10-12-5-4-7-19-12/h9,11-13H,3-8,10,15H2,1-2H3. The second kappa shape index (κ2) is 7.03. The molecule has 2 heterocycles. The first-order chi connectivity index (χ1) is 9.26. The first kappa shape index (κ1) is 14.5. The molecule has 1 aromatic heterocycles. The summed E-state index contributed by atoms with van der Waals surface area (Å²) in [4.78, 5) is 6.58. The van der Waals surface area contributed by atoms with Crippen LogP contribution in [0.4, 0.5) is 0 Å². The van der Waals surface area contributed by atoms with Crippen LogP contribution in [0.15, 0.2) is 12.5 Å². The molecule has 1 aromatic rings. The Balaban J connectivity index is 2.02. The number of aromatic nitrogens is 2. The lowest BCUT2D eigenvalue weighted by molar-refractivity contribution is 0.0677. The third-order valence-corrected chi connectivity index (χ3v) is 3.82. The molecule has 1 aliphatic rings. The lowest BCUT2D eigenvalue weighted by atomic mass is 10.1. The summed E-state index contributed by atoms with van der Waals surface area (Å²) in [6.45, 7) is 5.63. The van der Waals surface area contributed by atoms with Gasteiger partial charge in [0.2, 0.25) is 0 Å². The van der Waals surface area contributed by atoms with Gasteiger partial charge in [0.25, 0.3) is 0 Å². The Hall–Kier alpha value is -0.910. The van der Waals surface area contributed by atoms with Crippen LogP contribution in [0.25, 0.3) is 0 Å². The van der Waals surface area contributed by atoms with E-state index in [0.717, 1.165) is 32.5 Å². The highest BCUT2D eigenvalue weighted by Crippen LogP contribution is 2.21. The molecule has 0 amide bonds. The summed E-state index contributed by atoms with van der Waals surface area (Å²) in [5.41, 5.74) is 7.19. The van der Waals surface area contributed by atoms with Gasteiger partial charge in [0.05, 0.1) is 24.2 Å². The number of hydrogen-bond acceptors (Lipinski definition) is 4. The summed E-state index contributed by atoms with van der Waals surface area (Å²) in [6.07, 6.45) is 7.66. The zero-order valence-corrected chi connectivity index (χ0v) is 12.1. The number of rotatable bonds is 7. The second-order valence-electron chi connectivity index (χ2n) is 5.34. The van der Waals surface area contributed by atoms with Crippen molar-refractivity contribution in [2.45, 2.75) is 44.9 Å². The molecule has 0 bridgehead atoms. The first-order valence-corrected chi connectivity index (χ1v) is 7.28. The van der Waals surface area contributed by atoms with Crippen LogP contribution in [-0.2, 0) is 11.3 Å². The quantitative estimate of drug-likeness (QED) is 0.810. The molecule has 0 spiro atoms. The van der Waals surface area contributed by atoms with Crippen molar-refractivity contribution in [2.24, 2.45) is 5.73 Å². The van der Waals surface area contributed by atoms with Gasteiger partial charge in [-0.05, 0) is 26.3 Å². The molecule has 5 nitrogen and oxygen atoms in total. The summed E-state index contributed by atoms with van der Waals surface area (Å²) in [5, 5.41) is 0. The van der Waals surface area contributed by atoms with Gasteiger partial charge in [-0.1, -0.05) is 6.92 Å². The molecular weight excluding hydrogens is 240 g/mol. The molecule has 1 fully saturated rings. The largest absolute Gasteiger partial charge is 0.377 e. The average Bonchev–Trinajstić information content (AvgIpc) is 3.03. The van der Waals surface area contributed by atoms with E-state index in [4.69, 9.17) is 10.5 Å². The van der Waals surface area contributed by atoms with Crippen LogP contribution in [0.3, 0.4) is 0 Å². The summed E-state index contributed by atoms with van der Waals surface area (Å²) >= 11 is 0. The van der Waals surface area contributed by atoms with E-state index in [2.05, 4.69) is 28.4 Å². The zero-order valence-electron chi connectivity index (χ0n) is 12.1. The van der Waals surface area contributed by atoms with E-state index in [1.54, 1.807) is 0 Å². The van der Waals surface area contributed by atoms with Gasteiger partial charge in [-0.25, -0.2) is 4.98 Å². The number of nitrogens with two attached hydrogens (primary N) is 1. The molecule has 2 N–H and O–H groups in total. The van der Waals surface area contributed by atoms with Crippen LogP contribution in [0.5, 0.6) is 0 Å². The van der Waals surface area contributed by atoms with Gasteiger partial charge in [-0.15, -0.1) is 0 Å². The Labute approximate surface area is 115 Å². The normalized spacial score (nSPS) is 21.2. The van der Waals surface area contributed by atoms with Gasteiger partial charge in [0.1, 0.15) is 0 Å². The van der Waals surface area contributed by atoms with Crippen LogP contribution in [-0.4, -0.2) is 47.3 Å². The highest BCUT2D eigenvalue weighted by Gasteiger charge is 2.24. The molecule has 108 valence electrons.